The number of nitrogens with one attached hydrogen (secondary N) is 3. The SMILES string of the molecule is [2H][C@@]1(N2Cc3c(NCc4cc(OC(=O)NC)ccc4F)cccc3C2=O)CCC(=O)NC1=O. The summed E-state index contributed by atoms with van der Waals surface area (Å²) < 4.78 is 27.9. The number of hydrogen-bond donors (Lipinski definition) is 3. The molecular weight excluding hydrogens is 419 g/mol. The molecule has 2 heterocycles. The second-order valence-corrected chi connectivity index (χ2v) is 7.29. The highest BCUT2D eigenvalue weighted by Crippen LogP contribution is 2.32. The van der Waals surface area contributed by atoms with Crippen LogP contribution in [0.2, 0.25) is 0 Å². The number of halogens is 1. The van der Waals surface area contributed by atoms with Crippen LogP contribution in [0.3, 0.4) is 0 Å². The van der Waals surface area contributed by atoms with Gasteiger partial charge < -0.3 is 20.3 Å². The minimum absolute atomic E-state index is 0.00917. The lowest BCUT2D eigenvalue weighted by Gasteiger charge is -2.29. The molecule has 4 amide bonds. The number of nitrogens with zero attached hydrogens (tertiary/aromatic N) is 1. The number of ether oxygens (including phenoxy) is 1. The van der Waals surface area contributed by atoms with E-state index in [0.717, 1.165) is 4.90 Å². The number of fused-ring (bicyclic) bond motifs is 1. The molecule has 4 rings (SSSR count). The first-order valence-corrected chi connectivity index (χ1v) is 9.93. The van der Waals surface area contributed by atoms with Gasteiger partial charge in [-0.2, -0.15) is 0 Å². The Hall–Kier alpha value is -3.95. The van der Waals surface area contributed by atoms with Crippen molar-refractivity contribution in [1.82, 2.24) is 15.5 Å². The maximum atomic E-state index is 14.3. The van der Waals surface area contributed by atoms with Gasteiger partial charge in [0.05, 0.1) is 1.37 Å². The molecule has 2 aliphatic rings. The Bertz CT molecular complexity index is 1170. The number of anilines is 1. The fourth-order valence-electron chi connectivity index (χ4n) is 3.68. The quantitative estimate of drug-likeness (QED) is 0.611. The highest BCUT2D eigenvalue weighted by Gasteiger charge is 2.39. The molecule has 2 aliphatic heterocycles. The molecule has 0 aliphatic carbocycles. The Morgan fingerprint density at radius 3 is 2.88 bits per heavy atom. The van der Waals surface area contributed by atoms with Crippen molar-refractivity contribution < 1.29 is 29.7 Å². The molecule has 166 valence electrons. The van der Waals surface area contributed by atoms with E-state index in [2.05, 4.69) is 16.0 Å². The average molecular weight is 441 g/mol. The Kier molecular flexibility index (Phi) is 5.40. The molecule has 0 bridgehead atoms. The first-order chi connectivity index (χ1) is 15.7. The van der Waals surface area contributed by atoms with Crippen molar-refractivity contribution in [3.05, 3.63) is 58.9 Å². The number of carbonyl (C=O) groups excluding carboxylic acids is 4. The number of piperidine rings is 1. The zero-order chi connectivity index (χ0) is 23.8. The fourth-order valence-corrected chi connectivity index (χ4v) is 3.68. The molecule has 9 nitrogen and oxygen atoms in total. The van der Waals surface area contributed by atoms with Gasteiger partial charge in [-0.05, 0) is 36.8 Å². The van der Waals surface area contributed by atoms with E-state index in [9.17, 15) is 23.6 Å². The number of hydrogen-bond acceptors (Lipinski definition) is 6. The zero-order valence-corrected chi connectivity index (χ0v) is 17.2. The highest BCUT2D eigenvalue weighted by molar-refractivity contribution is 6.06. The predicted molar refractivity (Wildman–Crippen MR) is 111 cm³/mol. The molecule has 1 saturated heterocycles. The molecular formula is C22H21FN4O5. The van der Waals surface area contributed by atoms with Gasteiger partial charge in [-0.15, -0.1) is 0 Å². The number of rotatable bonds is 5. The molecule has 0 spiro atoms. The van der Waals surface area contributed by atoms with Crippen molar-refractivity contribution in [1.29, 1.82) is 0 Å². The molecule has 0 unspecified atom stereocenters. The van der Waals surface area contributed by atoms with Gasteiger partial charge in [-0.1, -0.05) is 6.07 Å². The van der Waals surface area contributed by atoms with E-state index in [4.69, 9.17) is 6.11 Å². The summed E-state index contributed by atoms with van der Waals surface area (Å²) in [5.41, 5.74) is 1.67. The normalized spacial score (nSPS) is 20.4. The van der Waals surface area contributed by atoms with Gasteiger partial charge in [-0.3, -0.25) is 19.7 Å². The molecule has 0 saturated carbocycles. The summed E-state index contributed by atoms with van der Waals surface area (Å²) in [5, 5.41) is 7.52. The van der Waals surface area contributed by atoms with Crippen LogP contribution < -0.4 is 20.7 Å². The van der Waals surface area contributed by atoms with Gasteiger partial charge >= 0.3 is 6.09 Å². The first-order valence-electron chi connectivity index (χ1n) is 10.4. The maximum absolute atomic E-state index is 14.3. The van der Waals surface area contributed by atoms with Crippen LogP contribution in [0.4, 0.5) is 14.9 Å². The molecule has 32 heavy (non-hydrogen) atoms. The zero-order valence-electron chi connectivity index (χ0n) is 18.2. The van der Waals surface area contributed by atoms with E-state index in [-0.39, 0.29) is 37.2 Å². The topological polar surface area (TPSA) is 117 Å². The minimum atomic E-state index is -1.89. The van der Waals surface area contributed by atoms with Crippen LogP contribution in [0.15, 0.2) is 36.4 Å². The molecule has 10 heteroatoms. The summed E-state index contributed by atoms with van der Waals surface area (Å²) in [6.45, 7) is 0.0210. The Morgan fingerprint density at radius 2 is 2.12 bits per heavy atom. The lowest BCUT2D eigenvalue weighted by Crippen LogP contribution is -2.52. The highest BCUT2D eigenvalue weighted by atomic mass is 19.1. The summed E-state index contributed by atoms with van der Waals surface area (Å²) in [4.78, 5) is 49.4. The van der Waals surface area contributed by atoms with Crippen molar-refractivity contribution in [3.8, 4) is 5.75 Å². The van der Waals surface area contributed by atoms with Gasteiger partial charge in [0, 0.05) is 48.9 Å². The summed E-state index contributed by atoms with van der Waals surface area (Å²) in [5.74, 6) is -2.13. The second-order valence-electron chi connectivity index (χ2n) is 7.29. The number of imide groups is 1. The van der Waals surface area contributed by atoms with Crippen molar-refractivity contribution >= 4 is 29.5 Å². The minimum Gasteiger partial charge on any atom is -0.410 e. The molecule has 2 aromatic rings. The lowest BCUT2D eigenvalue weighted by atomic mass is 10.0. The molecule has 0 radical (unpaired) electrons. The molecule has 0 aromatic heterocycles. The van der Waals surface area contributed by atoms with Crippen LogP contribution in [0.5, 0.6) is 5.75 Å². The van der Waals surface area contributed by atoms with E-state index in [1.165, 1.54) is 25.2 Å². The first kappa shape index (κ1) is 20.0. The monoisotopic (exact) mass is 441 g/mol. The van der Waals surface area contributed by atoms with Crippen molar-refractivity contribution in [3.63, 3.8) is 0 Å². The van der Waals surface area contributed by atoms with E-state index in [0.29, 0.717) is 16.8 Å². The molecule has 3 N–H and O–H groups in total. The Morgan fingerprint density at radius 1 is 1.31 bits per heavy atom. The maximum Gasteiger partial charge on any atom is 0.412 e. The van der Waals surface area contributed by atoms with Crippen LogP contribution in [0, 0.1) is 5.82 Å². The van der Waals surface area contributed by atoms with Crippen molar-refractivity contribution in [2.24, 2.45) is 0 Å². The summed E-state index contributed by atoms with van der Waals surface area (Å²) >= 11 is 0. The van der Waals surface area contributed by atoms with Gasteiger partial charge in [0.1, 0.15) is 17.6 Å². The van der Waals surface area contributed by atoms with Gasteiger partial charge in [0.15, 0.2) is 0 Å². The largest absolute Gasteiger partial charge is 0.412 e. The van der Waals surface area contributed by atoms with Crippen LogP contribution in [-0.4, -0.2) is 41.8 Å². The third-order valence-corrected chi connectivity index (χ3v) is 5.30. The molecule has 1 atom stereocenters. The van der Waals surface area contributed by atoms with Crippen LogP contribution in [0.1, 0.15) is 35.7 Å². The Labute approximate surface area is 184 Å². The Balaban J connectivity index is 1.54. The van der Waals surface area contributed by atoms with Gasteiger partial charge in [0.2, 0.25) is 11.8 Å². The van der Waals surface area contributed by atoms with Crippen molar-refractivity contribution in [2.75, 3.05) is 12.4 Å². The third kappa shape index (κ3) is 4.11. The summed E-state index contributed by atoms with van der Waals surface area (Å²) in [7, 11) is 1.41. The fraction of sp³-hybridized carbons (Fsp3) is 0.273. The van der Waals surface area contributed by atoms with Crippen molar-refractivity contribution in [2.45, 2.75) is 31.9 Å². The smallest absolute Gasteiger partial charge is 0.410 e. The van der Waals surface area contributed by atoms with Crippen LogP contribution >= 0.6 is 0 Å². The molecule has 2 aromatic carbocycles. The number of amides is 4. The predicted octanol–water partition coefficient (Wildman–Crippen LogP) is 1.92. The average Bonchev–Trinajstić information content (AvgIpc) is 3.14. The molecule has 1 fully saturated rings. The van der Waals surface area contributed by atoms with Gasteiger partial charge in [-0.25, -0.2) is 9.18 Å². The van der Waals surface area contributed by atoms with E-state index >= 15 is 0 Å². The van der Waals surface area contributed by atoms with Crippen LogP contribution in [-0.2, 0) is 22.7 Å². The van der Waals surface area contributed by atoms with E-state index in [1.807, 2.05) is 0 Å². The van der Waals surface area contributed by atoms with Gasteiger partial charge in [0.25, 0.3) is 5.91 Å². The van der Waals surface area contributed by atoms with E-state index in [1.54, 1.807) is 18.2 Å². The second kappa shape index (κ2) is 8.66. The standard InChI is InChI=1S/C22H21FN4O5/c1-24-22(31)32-13-5-6-16(23)12(9-13)10-25-17-4-2-3-14-15(17)11-27(21(14)30)18-7-8-19(28)26-20(18)29/h2-6,9,18,25H,7-8,10-11H2,1H3,(H,24,31)(H,26,28,29)/t18-/m1/s1/i18D. The lowest BCUT2D eigenvalue weighted by molar-refractivity contribution is -0.136. The van der Waals surface area contributed by atoms with E-state index < -0.39 is 35.6 Å². The summed E-state index contributed by atoms with van der Waals surface area (Å²) in [6.07, 6.45) is -0.810. The third-order valence-electron chi connectivity index (χ3n) is 5.30. The number of carbonyl (C=O) groups is 4. The summed E-state index contributed by atoms with van der Waals surface area (Å²) in [6, 6.07) is 6.96. The van der Waals surface area contributed by atoms with Crippen LogP contribution in [0.25, 0.3) is 0 Å². The number of benzene rings is 2.